The molecule has 0 saturated carbocycles. The normalized spacial score (nSPS) is 11.1. The number of hydrazone groups is 1. The molecule has 0 atom stereocenters. The van der Waals surface area contributed by atoms with Crippen LogP contribution in [0.1, 0.15) is 40.2 Å². The zero-order valence-corrected chi connectivity index (χ0v) is 14.0. The second kappa shape index (κ2) is 7.22. The first-order valence-corrected chi connectivity index (χ1v) is 8.00. The Bertz CT molecular complexity index is 672. The molecule has 0 aliphatic rings. The van der Waals surface area contributed by atoms with Gasteiger partial charge in [0.05, 0.1) is 17.9 Å². The van der Waals surface area contributed by atoms with Gasteiger partial charge < -0.3 is 4.74 Å². The van der Waals surface area contributed by atoms with Crippen molar-refractivity contribution < 1.29 is 9.53 Å². The Morgan fingerprint density at radius 2 is 1.95 bits per heavy atom. The Hall–Kier alpha value is -2.14. The van der Waals surface area contributed by atoms with Gasteiger partial charge in [-0.25, -0.2) is 5.43 Å². The van der Waals surface area contributed by atoms with Crippen LogP contribution in [-0.2, 0) is 0 Å². The highest BCUT2D eigenvalue weighted by atomic mass is 32.1. The second-order valence-electron chi connectivity index (χ2n) is 5.27. The number of ether oxygens (including phenoxy) is 1. The van der Waals surface area contributed by atoms with Crippen molar-refractivity contribution in [3.8, 4) is 5.75 Å². The molecule has 4 nitrogen and oxygen atoms in total. The van der Waals surface area contributed by atoms with Crippen LogP contribution < -0.4 is 10.2 Å². The highest BCUT2D eigenvalue weighted by Gasteiger charge is 2.11. The molecule has 1 N–H and O–H groups in total. The molecule has 2 aromatic rings. The monoisotopic (exact) mass is 316 g/mol. The number of rotatable bonds is 5. The van der Waals surface area contributed by atoms with E-state index in [1.807, 2.05) is 57.3 Å². The molecule has 1 aromatic carbocycles. The van der Waals surface area contributed by atoms with Gasteiger partial charge in [0.25, 0.3) is 5.91 Å². The number of carbonyl (C=O) groups is 1. The summed E-state index contributed by atoms with van der Waals surface area (Å²) in [4.78, 5) is 13.2. The number of thiophene rings is 1. The van der Waals surface area contributed by atoms with Crippen molar-refractivity contribution in [2.24, 2.45) is 5.10 Å². The maximum absolute atomic E-state index is 12.0. The first-order chi connectivity index (χ1) is 10.5. The van der Waals surface area contributed by atoms with Gasteiger partial charge in [-0.05, 0) is 63.1 Å². The smallest absolute Gasteiger partial charge is 0.272 e. The van der Waals surface area contributed by atoms with Crippen molar-refractivity contribution >= 4 is 23.5 Å². The number of aryl methyl sites for hydroxylation is 1. The van der Waals surface area contributed by atoms with Gasteiger partial charge in [-0.2, -0.15) is 5.10 Å². The zero-order chi connectivity index (χ0) is 16.1. The number of benzene rings is 1. The van der Waals surface area contributed by atoms with Crippen LogP contribution in [-0.4, -0.2) is 18.2 Å². The van der Waals surface area contributed by atoms with Crippen molar-refractivity contribution in [2.75, 3.05) is 0 Å². The molecule has 0 bridgehead atoms. The average Bonchev–Trinajstić information content (AvgIpc) is 2.80. The maximum Gasteiger partial charge on any atom is 0.272 e. The Morgan fingerprint density at radius 3 is 2.50 bits per heavy atom. The molecule has 0 fully saturated rings. The summed E-state index contributed by atoms with van der Waals surface area (Å²) in [7, 11) is 0. The summed E-state index contributed by atoms with van der Waals surface area (Å²) < 4.78 is 5.57. The third-order valence-corrected chi connectivity index (χ3v) is 4.18. The molecule has 0 aliphatic carbocycles. The lowest BCUT2D eigenvalue weighted by molar-refractivity contribution is 0.0955. The summed E-state index contributed by atoms with van der Waals surface area (Å²) >= 11 is 1.57. The van der Waals surface area contributed by atoms with Gasteiger partial charge in [-0.15, -0.1) is 11.3 Å². The predicted molar refractivity (Wildman–Crippen MR) is 91.1 cm³/mol. The molecule has 2 rings (SSSR count). The summed E-state index contributed by atoms with van der Waals surface area (Å²) in [6.07, 6.45) is 1.77. The lowest BCUT2D eigenvalue weighted by atomic mass is 10.2. The van der Waals surface area contributed by atoms with Gasteiger partial charge in [-0.3, -0.25) is 4.79 Å². The average molecular weight is 316 g/mol. The van der Waals surface area contributed by atoms with Crippen LogP contribution in [0.3, 0.4) is 0 Å². The molecule has 0 aliphatic heterocycles. The molecule has 1 aromatic heterocycles. The van der Waals surface area contributed by atoms with Crippen LogP contribution in [0.4, 0.5) is 0 Å². The highest BCUT2D eigenvalue weighted by Crippen LogP contribution is 2.20. The van der Waals surface area contributed by atoms with Gasteiger partial charge in [-0.1, -0.05) is 0 Å². The van der Waals surface area contributed by atoms with Gasteiger partial charge in [0.15, 0.2) is 0 Å². The van der Waals surface area contributed by atoms with Crippen LogP contribution in [0.15, 0.2) is 34.7 Å². The van der Waals surface area contributed by atoms with Crippen LogP contribution in [0, 0.1) is 13.8 Å². The fourth-order valence-corrected chi connectivity index (χ4v) is 2.73. The van der Waals surface area contributed by atoms with E-state index in [-0.39, 0.29) is 12.0 Å². The van der Waals surface area contributed by atoms with Crippen molar-refractivity contribution in [3.05, 3.63) is 51.2 Å². The molecular formula is C17H20N2O2S. The fraction of sp³-hybridized carbons (Fsp3) is 0.294. The highest BCUT2D eigenvalue weighted by molar-refractivity contribution is 7.10. The van der Waals surface area contributed by atoms with E-state index in [1.54, 1.807) is 17.6 Å². The number of nitrogens with zero attached hydrogens (tertiary/aromatic N) is 1. The number of nitrogens with one attached hydrogen (secondary N) is 1. The van der Waals surface area contributed by atoms with Gasteiger partial charge >= 0.3 is 0 Å². The summed E-state index contributed by atoms with van der Waals surface area (Å²) in [6.45, 7) is 7.91. The van der Waals surface area contributed by atoms with Gasteiger partial charge in [0.1, 0.15) is 5.75 Å². The summed E-state index contributed by atoms with van der Waals surface area (Å²) in [5, 5.41) is 5.85. The van der Waals surface area contributed by atoms with Crippen LogP contribution in [0.25, 0.3) is 0 Å². The van der Waals surface area contributed by atoms with E-state index in [0.717, 1.165) is 21.8 Å². The summed E-state index contributed by atoms with van der Waals surface area (Å²) in [6, 6.07) is 7.56. The Kier molecular flexibility index (Phi) is 5.33. The van der Waals surface area contributed by atoms with E-state index in [1.165, 1.54) is 0 Å². The molecule has 1 heterocycles. The maximum atomic E-state index is 12.0. The van der Waals surface area contributed by atoms with E-state index < -0.39 is 0 Å². The van der Waals surface area contributed by atoms with Gasteiger partial charge in [0, 0.05) is 10.3 Å². The predicted octanol–water partition coefficient (Wildman–Crippen LogP) is 3.92. The Balaban J connectivity index is 1.95. The van der Waals surface area contributed by atoms with Crippen LogP contribution in [0.5, 0.6) is 5.75 Å². The first kappa shape index (κ1) is 16.2. The van der Waals surface area contributed by atoms with E-state index in [2.05, 4.69) is 10.5 Å². The van der Waals surface area contributed by atoms with E-state index in [0.29, 0.717) is 5.56 Å². The molecule has 116 valence electrons. The lowest BCUT2D eigenvalue weighted by Gasteiger charge is -2.09. The minimum absolute atomic E-state index is 0.149. The Morgan fingerprint density at radius 1 is 1.27 bits per heavy atom. The van der Waals surface area contributed by atoms with Crippen molar-refractivity contribution in [1.82, 2.24) is 5.43 Å². The molecule has 0 radical (unpaired) electrons. The largest absolute Gasteiger partial charge is 0.491 e. The number of amides is 1. The third-order valence-electron chi connectivity index (χ3n) is 3.16. The van der Waals surface area contributed by atoms with E-state index >= 15 is 0 Å². The first-order valence-electron chi connectivity index (χ1n) is 7.12. The lowest BCUT2D eigenvalue weighted by Crippen LogP contribution is -2.17. The molecule has 0 saturated heterocycles. The molecular weight excluding hydrogens is 296 g/mol. The van der Waals surface area contributed by atoms with Crippen molar-refractivity contribution in [1.29, 1.82) is 0 Å². The van der Waals surface area contributed by atoms with Crippen molar-refractivity contribution in [2.45, 2.75) is 33.8 Å². The molecule has 22 heavy (non-hydrogen) atoms. The standard InChI is InChI=1S/C17H20N2O2S/c1-11(2)21-15-7-5-14(6-8-15)9-18-19-17(20)16-10-22-13(4)12(16)3/h5-11H,1-4H3,(H,19,20)/b18-9-. The minimum Gasteiger partial charge on any atom is -0.491 e. The summed E-state index contributed by atoms with van der Waals surface area (Å²) in [5.41, 5.74) is 5.14. The van der Waals surface area contributed by atoms with E-state index in [4.69, 9.17) is 4.74 Å². The Labute approximate surface area is 134 Å². The zero-order valence-electron chi connectivity index (χ0n) is 13.2. The summed E-state index contributed by atoms with van der Waals surface area (Å²) in [5.74, 6) is 0.637. The van der Waals surface area contributed by atoms with Crippen molar-refractivity contribution in [3.63, 3.8) is 0 Å². The topological polar surface area (TPSA) is 50.7 Å². The minimum atomic E-state index is -0.183. The quantitative estimate of drug-likeness (QED) is 0.671. The SMILES string of the molecule is Cc1scc(C(=O)N/N=C\c2ccc(OC(C)C)cc2)c1C. The fourth-order valence-electron chi connectivity index (χ4n) is 1.87. The molecule has 5 heteroatoms. The van der Waals surface area contributed by atoms with E-state index in [9.17, 15) is 4.79 Å². The molecule has 1 amide bonds. The number of hydrogen-bond acceptors (Lipinski definition) is 4. The number of hydrogen-bond donors (Lipinski definition) is 1. The van der Waals surface area contributed by atoms with Gasteiger partial charge in [0.2, 0.25) is 0 Å². The van der Waals surface area contributed by atoms with Crippen LogP contribution >= 0.6 is 11.3 Å². The third kappa shape index (κ3) is 4.18. The molecule has 0 spiro atoms. The second-order valence-corrected chi connectivity index (χ2v) is 6.35. The number of carbonyl (C=O) groups excluding carboxylic acids is 1. The molecule has 0 unspecified atom stereocenters. The van der Waals surface area contributed by atoms with Crippen LogP contribution in [0.2, 0.25) is 0 Å².